The molecule has 3 heteroatoms. The Morgan fingerprint density at radius 3 is 1.38 bits per heavy atom. The van der Waals surface area contributed by atoms with Crippen LogP contribution in [0.15, 0.2) is 127 Å². The first-order chi connectivity index (χ1) is 19.2. The monoisotopic (exact) mass is 498 g/mol. The average molecular weight is 498 g/mol. The quantitative estimate of drug-likeness (QED) is 0.244. The zero-order valence-electron chi connectivity index (χ0n) is 21.1. The van der Waals surface area contributed by atoms with Gasteiger partial charge in [-0.2, -0.15) is 0 Å². The maximum Gasteiger partial charge on any atom is 0.489 e. The Labute approximate surface area is 226 Å². The highest BCUT2D eigenvalue weighted by atomic mass is 16.4. The van der Waals surface area contributed by atoms with E-state index in [2.05, 4.69) is 109 Å². The van der Waals surface area contributed by atoms with E-state index in [0.717, 1.165) is 21.9 Å². The molecular weight excluding hydrogens is 475 g/mol. The summed E-state index contributed by atoms with van der Waals surface area (Å²) >= 11 is 0. The summed E-state index contributed by atoms with van der Waals surface area (Å²) < 4.78 is 0. The summed E-state index contributed by atoms with van der Waals surface area (Å²) in [6, 6.07) is 44.7. The van der Waals surface area contributed by atoms with Crippen LogP contribution >= 0.6 is 0 Å². The lowest BCUT2D eigenvalue weighted by molar-refractivity contribution is 0.426. The Bertz CT molecular complexity index is 1990. The van der Waals surface area contributed by atoms with Crippen LogP contribution in [-0.4, -0.2) is 17.2 Å². The Hall–Kier alpha value is -4.70. The minimum Gasteiger partial charge on any atom is -0.423 e. The molecule has 0 heterocycles. The molecule has 0 aliphatic heterocycles. The first kappa shape index (κ1) is 22.3. The van der Waals surface area contributed by atoms with Crippen LogP contribution < -0.4 is 5.46 Å². The van der Waals surface area contributed by atoms with Crippen molar-refractivity contribution >= 4 is 44.9 Å². The number of fused-ring (bicyclic) bond motifs is 5. The van der Waals surface area contributed by atoms with Gasteiger partial charge >= 0.3 is 7.12 Å². The molecule has 182 valence electrons. The third kappa shape index (κ3) is 3.18. The first-order valence-electron chi connectivity index (χ1n) is 13.3. The number of hydrogen-bond donors (Lipinski definition) is 2. The van der Waals surface area contributed by atoms with Crippen LogP contribution in [0.25, 0.3) is 76.8 Å². The molecule has 7 aromatic rings. The Balaban J connectivity index is 1.54. The largest absolute Gasteiger partial charge is 0.489 e. The molecule has 0 atom stereocenters. The van der Waals surface area contributed by atoms with Crippen molar-refractivity contribution in [2.75, 3.05) is 0 Å². The van der Waals surface area contributed by atoms with E-state index in [1.807, 2.05) is 18.2 Å². The lowest BCUT2D eigenvalue weighted by atomic mass is 9.76. The minimum absolute atomic E-state index is 0.529. The van der Waals surface area contributed by atoms with Gasteiger partial charge in [0, 0.05) is 0 Å². The fourth-order valence-electron chi connectivity index (χ4n) is 6.60. The van der Waals surface area contributed by atoms with Gasteiger partial charge in [-0.3, -0.25) is 0 Å². The summed E-state index contributed by atoms with van der Waals surface area (Å²) in [4.78, 5) is 0. The molecule has 0 spiro atoms. The van der Waals surface area contributed by atoms with Gasteiger partial charge in [0.2, 0.25) is 0 Å². The van der Waals surface area contributed by atoms with Gasteiger partial charge in [0.05, 0.1) is 0 Å². The highest BCUT2D eigenvalue weighted by Crippen LogP contribution is 2.55. The van der Waals surface area contributed by atoms with Gasteiger partial charge < -0.3 is 10.0 Å². The van der Waals surface area contributed by atoms with Crippen molar-refractivity contribution in [2.45, 2.75) is 0 Å². The Kier molecular flexibility index (Phi) is 4.81. The molecule has 39 heavy (non-hydrogen) atoms. The van der Waals surface area contributed by atoms with Crippen molar-refractivity contribution < 1.29 is 10.0 Å². The number of benzene rings is 7. The van der Waals surface area contributed by atoms with Gasteiger partial charge in [-0.05, 0) is 82.3 Å². The van der Waals surface area contributed by atoms with Crippen molar-refractivity contribution in [2.24, 2.45) is 0 Å². The molecule has 0 unspecified atom stereocenters. The van der Waals surface area contributed by atoms with E-state index in [-0.39, 0.29) is 0 Å². The Morgan fingerprint density at radius 1 is 0.359 bits per heavy atom. The summed E-state index contributed by atoms with van der Waals surface area (Å²) in [6.07, 6.45) is 0. The average Bonchev–Trinajstić information content (AvgIpc) is 3.32. The minimum atomic E-state index is -1.53. The van der Waals surface area contributed by atoms with Crippen LogP contribution in [0.4, 0.5) is 0 Å². The van der Waals surface area contributed by atoms with Crippen molar-refractivity contribution in [3.8, 4) is 44.5 Å². The molecule has 1 aliphatic rings. The normalized spacial score (nSPS) is 11.8. The molecule has 0 saturated heterocycles. The summed E-state index contributed by atoms with van der Waals surface area (Å²) in [6.45, 7) is 0. The highest BCUT2D eigenvalue weighted by Gasteiger charge is 2.30. The van der Waals surface area contributed by atoms with Crippen LogP contribution in [0.5, 0.6) is 0 Å². The molecule has 8 rings (SSSR count). The molecule has 2 nitrogen and oxygen atoms in total. The predicted octanol–water partition coefficient (Wildman–Crippen LogP) is 7.81. The summed E-state index contributed by atoms with van der Waals surface area (Å²) in [5.41, 5.74) is 9.93. The van der Waals surface area contributed by atoms with E-state index in [1.165, 1.54) is 54.9 Å². The van der Waals surface area contributed by atoms with Gasteiger partial charge in [-0.15, -0.1) is 0 Å². The van der Waals surface area contributed by atoms with Gasteiger partial charge in [0.15, 0.2) is 0 Å². The smallest absolute Gasteiger partial charge is 0.423 e. The van der Waals surface area contributed by atoms with E-state index in [9.17, 15) is 10.0 Å². The molecule has 0 fully saturated rings. The molecule has 0 bridgehead atoms. The van der Waals surface area contributed by atoms with E-state index >= 15 is 0 Å². The van der Waals surface area contributed by atoms with Gasteiger partial charge in [0.1, 0.15) is 0 Å². The van der Waals surface area contributed by atoms with Crippen LogP contribution in [0.1, 0.15) is 0 Å². The molecule has 0 aromatic heterocycles. The number of hydrogen-bond acceptors (Lipinski definition) is 2. The van der Waals surface area contributed by atoms with Crippen LogP contribution in [0, 0.1) is 0 Å². The second-order valence-corrected chi connectivity index (χ2v) is 10.3. The third-order valence-corrected chi connectivity index (χ3v) is 8.26. The van der Waals surface area contributed by atoms with E-state index in [1.54, 1.807) is 0 Å². The van der Waals surface area contributed by atoms with E-state index < -0.39 is 7.12 Å². The second-order valence-electron chi connectivity index (χ2n) is 10.3. The van der Waals surface area contributed by atoms with Crippen LogP contribution in [0.3, 0.4) is 0 Å². The van der Waals surface area contributed by atoms with Crippen molar-refractivity contribution in [3.05, 3.63) is 127 Å². The summed E-state index contributed by atoms with van der Waals surface area (Å²) in [5.74, 6) is 0. The lowest BCUT2D eigenvalue weighted by Gasteiger charge is -2.18. The zero-order chi connectivity index (χ0) is 26.1. The van der Waals surface area contributed by atoms with Gasteiger partial charge in [0.25, 0.3) is 0 Å². The maximum atomic E-state index is 10.2. The van der Waals surface area contributed by atoms with E-state index in [0.29, 0.717) is 5.46 Å². The predicted molar refractivity (Wildman–Crippen MR) is 164 cm³/mol. The van der Waals surface area contributed by atoms with Crippen molar-refractivity contribution in [3.63, 3.8) is 0 Å². The topological polar surface area (TPSA) is 40.5 Å². The van der Waals surface area contributed by atoms with Crippen LogP contribution in [-0.2, 0) is 0 Å². The molecule has 7 aromatic carbocycles. The van der Waals surface area contributed by atoms with Crippen LogP contribution in [0.2, 0.25) is 0 Å². The molecule has 0 saturated carbocycles. The van der Waals surface area contributed by atoms with Crippen molar-refractivity contribution in [1.82, 2.24) is 0 Å². The molecule has 1 aliphatic carbocycles. The molecule has 0 amide bonds. The van der Waals surface area contributed by atoms with Gasteiger partial charge in [-0.1, -0.05) is 127 Å². The summed E-state index contributed by atoms with van der Waals surface area (Å²) in [5, 5.41) is 27.2. The van der Waals surface area contributed by atoms with E-state index in [4.69, 9.17) is 0 Å². The molecule has 0 radical (unpaired) electrons. The fourth-order valence-corrected chi connectivity index (χ4v) is 6.60. The molecular formula is C36H23BO2. The fraction of sp³-hybridized carbons (Fsp3) is 0. The summed E-state index contributed by atoms with van der Waals surface area (Å²) in [7, 11) is -1.53. The first-order valence-corrected chi connectivity index (χ1v) is 13.3. The second kappa shape index (κ2) is 8.41. The Morgan fingerprint density at radius 2 is 0.795 bits per heavy atom. The van der Waals surface area contributed by atoms with Crippen molar-refractivity contribution in [1.29, 1.82) is 0 Å². The third-order valence-electron chi connectivity index (χ3n) is 8.26. The standard InChI is InChI=1S/C36H23BO2/c38-37(39)33-21-20-32-34-30(33)16-7-17-31(34)35-28(26-14-5-10-22-8-1-3-12-24(22)26)18-19-29(36(32)35)27-15-6-11-23-9-2-4-13-25(23)27/h1-21,38-39H. The maximum absolute atomic E-state index is 10.2. The van der Waals surface area contributed by atoms with Gasteiger partial charge in [-0.25, -0.2) is 0 Å². The highest BCUT2D eigenvalue weighted by molar-refractivity contribution is 6.62. The zero-order valence-corrected chi connectivity index (χ0v) is 21.1. The number of rotatable bonds is 3. The SMILES string of the molecule is OB(O)c1ccc2c3c(cccc13)-c1c(-c3cccc4ccccc34)ccc(-c3cccc4ccccc34)c1-2. The lowest BCUT2D eigenvalue weighted by Crippen LogP contribution is -2.30. The molecule has 2 N–H and O–H groups in total.